The van der Waals surface area contributed by atoms with Gasteiger partial charge in [0, 0.05) is 24.9 Å². The molecule has 1 fully saturated rings. The Balaban J connectivity index is 2.06. The maximum absolute atomic E-state index is 8.77. The second kappa shape index (κ2) is 3.81. The van der Waals surface area contributed by atoms with E-state index in [0.29, 0.717) is 6.42 Å². The molecule has 1 aliphatic rings. The summed E-state index contributed by atoms with van der Waals surface area (Å²) in [5.74, 6) is 0. The molecule has 14 heavy (non-hydrogen) atoms. The smallest absolute Gasteiger partial charge is 0.0628 e. The van der Waals surface area contributed by atoms with E-state index in [9.17, 15) is 0 Å². The van der Waals surface area contributed by atoms with Gasteiger partial charge < -0.3 is 5.32 Å². The van der Waals surface area contributed by atoms with E-state index in [1.807, 2.05) is 6.07 Å². The average molecular weight is 186 g/mol. The maximum atomic E-state index is 8.77. The molecule has 1 saturated heterocycles. The van der Waals surface area contributed by atoms with Gasteiger partial charge in [-0.2, -0.15) is 5.26 Å². The molecule has 0 radical (unpaired) electrons. The van der Waals surface area contributed by atoms with Crippen LogP contribution in [-0.4, -0.2) is 13.1 Å². The lowest BCUT2D eigenvalue weighted by molar-refractivity contribution is 0.173. The van der Waals surface area contributed by atoms with Gasteiger partial charge in [0.25, 0.3) is 0 Å². The summed E-state index contributed by atoms with van der Waals surface area (Å²) in [5.41, 5.74) is 1.54. The van der Waals surface area contributed by atoms with E-state index in [2.05, 4.69) is 35.7 Å². The highest BCUT2D eigenvalue weighted by molar-refractivity contribution is 5.18. The number of hydrogen-bond donors (Lipinski definition) is 1. The predicted molar refractivity (Wildman–Crippen MR) is 55.7 cm³/mol. The lowest BCUT2D eigenvalue weighted by Crippen LogP contribution is -2.54. The van der Waals surface area contributed by atoms with Gasteiger partial charge in [-0.25, -0.2) is 0 Å². The van der Waals surface area contributed by atoms with Crippen LogP contribution < -0.4 is 5.32 Å². The summed E-state index contributed by atoms with van der Waals surface area (Å²) in [6.07, 6.45) is 1.68. The summed E-state index contributed by atoms with van der Waals surface area (Å²) in [6.45, 7) is 1.96. The number of nitriles is 1. The lowest BCUT2D eigenvalue weighted by Gasteiger charge is -2.41. The molecule has 2 heteroatoms. The third-order valence-electron chi connectivity index (χ3n) is 2.88. The zero-order chi connectivity index (χ0) is 9.86. The molecule has 1 heterocycles. The number of rotatable bonds is 3. The zero-order valence-corrected chi connectivity index (χ0v) is 8.16. The van der Waals surface area contributed by atoms with Crippen molar-refractivity contribution in [3.05, 3.63) is 35.9 Å². The average Bonchev–Trinajstić information content (AvgIpc) is 2.16. The van der Waals surface area contributed by atoms with Crippen LogP contribution in [0.15, 0.2) is 30.3 Å². The van der Waals surface area contributed by atoms with Crippen LogP contribution in [0.1, 0.15) is 12.0 Å². The molecule has 0 unspecified atom stereocenters. The van der Waals surface area contributed by atoms with E-state index in [-0.39, 0.29) is 5.41 Å². The molecule has 0 bridgehead atoms. The van der Waals surface area contributed by atoms with E-state index >= 15 is 0 Å². The van der Waals surface area contributed by atoms with Crippen molar-refractivity contribution in [3.8, 4) is 6.07 Å². The van der Waals surface area contributed by atoms with Gasteiger partial charge in [-0.15, -0.1) is 0 Å². The Morgan fingerprint density at radius 3 is 2.50 bits per heavy atom. The quantitative estimate of drug-likeness (QED) is 0.780. The first-order valence-electron chi connectivity index (χ1n) is 4.96. The molecule has 1 N–H and O–H groups in total. The van der Waals surface area contributed by atoms with Crippen molar-refractivity contribution in [2.45, 2.75) is 12.8 Å². The van der Waals surface area contributed by atoms with Crippen LogP contribution in [0.25, 0.3) is 0 Å². The molecule has 0 aromatic heterocycles. The van der Waals surface area contributed by atoms with Crippen LogP contribution in [0.3, 0.4) is 0 Å². The van der Waals surface area contributed by atoms with Crippen LogP contribution >= 0.6 is 0 Å². The normalized spacial score (nSPS) is 18.2. The van der Waals surface area contributed by atoms with E-state index in [0.717, 1.165) is 19.5 Å². The van der Waals surface area contributed by atoms with E-state index in [1.54, 1.807) is 0 Å². The van der Waals surface area contributed by atoms with Crippen LogP contribution in [0, 0.1) is 16.7 Å². The number of nitrogens with one attached hydrogen (secondary N) is 1. The molecule has 0 amide bonds. The summed E-state index contributed by atoms with van der Waals surface area (Å²) in [5, 5.41) is 12.0. The van der Waals surface area contributed by atoms with Crippen molar-refractivity contribution in [1.82, 2.24) is 5.32 Å². The third kappa shape index (κ3) is 1.78. The summed E-state index contributed by atoms with van der Waals surface area (Å²) in [7, 11) is 0. The van der Waals surface area contributed by atoms with Gasteiger partial charge in [-0.05, 0) is 12.0 Å². The first-order chi connectivity index (χ1) is 6.85. The molecule has 0 saturated carbocycles. The van der Waals surface area contributed by atoms with Gasteiger partial charge >= 0.3 is 0 Å². The number of nitrogens with zero attached hydrogens (tertiary/aromatic N) is 1. The predicted octanol–water partition coefficient (Wildman–Crippen LogP) is 1.73. The Bertz CT molecular complexity index is 333. The Morgan fingerprint density at radius 2 is 2.00 bits per heavy atom. The fraction of sp³-hybridized carbons (Fsp3) is 0.417. The van der Waals surface area contributed by atoms with Gasteiger partial charge in [-0.1, -0.05) is 30.3 Å². The molecule has 0 spiro atoms. The molecule has 1 aromatic carbocycles. The van der Waals surface area contributed by atoms with Crippen LogP contribution in [-0.2, 0) is 6.42 Å². The molecular formula is C12H14N2. The Labute approximate surface area is 84.6 Å². The van der Waals surface area contributed by atoms with Crippen LogP contribution in [0.2, 0.25) is 0 Å². The van der Waals surface area contributed by atoms with E-state index < -0.39 is 0 Å². The summed E-state index contributed by atoms with van der Waals surface area (Å²) < 4.78 is 0. The zero-order valence-electron chi connectivity index (χ0n) is 8.16. The fourth-order valence-electron chi connectivity index (χ4n) is 1.99. The third-order valence-corrected chi connectivity index (χ3v) is 2.88. The fourth-order valence-corrected chi connectivity index (χ4v) is 1.99. The Kier molecular flexibility index (Phi) is 2.51. The summed E-state index contributed by atoms with van der Waals surface area (Å²) in [6, 6.07) is 12.7. The summed E-state index contributed by atoms with van der Waals surface area (Å²) >= 11 is 0. The molecule has 2 nitrogen and oxygen atoms in total. The Morgan fingerprint density at radius 1 is 1.29 bits per heavy atom. The Hall–Kier alpha value is -1.33. The van der Waals surface area contributed by atoms with Crippen molar-refractivity contribution in [3.63, 3.8) is 0 Å². The first-order valence-corrected chi connectivity index (χ1v) is 4.96. The van der Waals surface area contributed by atoms with Gasteiger partial charge in [-0.3, -0.25) is 0 Å². The minimum Gasteiger partial charge on any atom is -0.315 e. The second-order valence-corrected chi connectivity index (χ2v) is 4.10. The molecule has 0 aliphatic carbocycles. The molecule has 2 rings (SSSR count). The highest BCUT2D eigenvalue weighted by atomic mass is 15.0. The van der Waals surface area contributed by atoms with Crippen molar-refractivity contribution >= 4 is 0 Å². The monoisotopic (exact) mass is 186 g/mol. The molecular weight excluding hydrogens is 172 g/mol. The van der Waals surface area contributed by atoms with Gasteiger partial charge in [0.15, 0.2) is 0 Å². The van der Waals surface area contributed by atoms with Crippen molar-refractivity contribution in [1.29, 1.82) is 5.26 Å². The van der Waals surface area contributed by atoms with Crippen LogP contribution in [0.4, 0.5) is 0 Å². The lowest BCUT2D eigenvalue weighted by atomic mass is 9.74. The maximum Gasteiger partial charge on any atom is 0.0628 e. The molecule has 72 valence electrons. The second-order valence-electron chi connectivity index (χ2n) is 4.10. The van der Waals surface area contributed by atoms with E-state index in [1.165, 1.54) is 5.56 Å². The van der Waals surface area contributed by atoms with Crippen LogP contribution in [0.5, 0.6) is 0 Å². The topological polar surface area (TPSA) is 35.8 Å². The standard InChI is InChI=1S/C12H14N2/c13-7-6-12(9-14-10-12)8-11-4-2-1-3-5-11/h1-5,14H,6,8-10H2. The first kappa shape index (κ1) is 9.23. The molecule has 1 aromatic rings. The van der Waals surface area contributed by atoms with Gasteiger partial charge in [0.2, 0.25) is 0 Å². The van der Waals surface area contributed by atoms with Crippen molar-refractivity contribution in [2.75, 3.05) is 13.1 Å². The van der Waals surface area contributed by atoms with Crippen molar-refractivity contribution in [2.24, 2.45) is 5.41 Å². The minimum atomic E-state index is 0.204. The molecule has 1 aliphatic heterocycles. The minimum absolute atomic E-state index is 0.204. The highest BCUT2D eigenvalue weighted by Crippen LogP contribution is 2.30. The summed E-state index contributed by atoms with van der Waals surface area (Å²) in [4.78, 5) is 0. The number of hydrogen-bond acceptors (Lipinski definition) is 2. The SMILES string of the molecule is N#CCC1(Cc2ccccc2)CNC1. The van der Waals surface area contributed by atoms with Crippen molar-refractivity contribution < 1.29 is 0 Å². The largest absolute Gasteiger partial charge is 0.315 e. The van der Waals surface area contributed by atoms with Gasteiger partial charge in [0.1, 0.15) is 0 Å². The van der Waals surface area contributed by atoms with E-state index in [4.69, 9.17) is 5.26 Å². The molecule has 0 atom stereocenters. The van der Waals surface area contributed by atoms with Gasteiger partial charge in [0.05, 0.1) is 6.07 Å². The highest BCUT2D eigenvalue weighted by Gasteiger charge is 2.36. The number of benzene rings is 1.